The van der Waals surface area contributed by atoms with Crippen molar-refractivity contribution in [3.05, 3.63) is 82.1 Å². The van der Waals surface area contributed by atoms with E-state index in [4.69, 9.17) is 23.7 Å². The predicted molar refractivity (Wildman–Crippen MR) is 241 cm³/mol. The van der Waals surface area contributed by atoms with E-state index in [9.17, 15) is 19.5 Å². The molecule has 13 nitrogen and oxygen atoms in total. The summed E-state index contributed by atoms with van der Waals surface area (Å²) in [5, 5.41) is 13.4. The Labute approximate surface area is 380 Å². The first-order valence-electron chi connectivity index (χ1n) is 22.9. The van der Waals surface area contributed by atoms with Gasteiger partial charge in [0.25, 0.3) is 0 Å². The Kier molecular flexibility index (Phi) is 11.7. The standard InChI is InChI=1S/C50H63N3O10S/c1-9-30-20-31-25-49(45(56)61-7,36-21-32-12-13-33(64-19-14-41(55)60-6)22-34(32)35(36)28-52(26-30)27-31)38-23-37-39(24-40(38)59-5)51(4)43-48(37)16-18-53-17-11-15-47(10-2,42(48)53)44(63-29(3)54)50(43,58)46(57)62-8/h11-13,15,20,22-24,31,38,40,42-44,58H,9-10,14,16-19,21,25-28H2,1-8H3/t31-,38?,40?,42+,43-,44-,47-,48-,49-,50+/m1/s1. The number of carbonyl (C=O) groups is 4. The quantitative estimate of drug-likeness (QED) is 0.136. The molecule has 9 rings (SSSR count). The molecule has 14 heteroatoms. The van der Waals surface area contributed by atoms with Crippen LogP contribution in [-0.4, -0.2) is 148 Å². The highest BCUT2D eigenvalue weighted by atomic mass is 32.2. The van der Waals surface area contributed by atoms with Crippen molar-refractivity contribution in [3.8, 4) is 0 Å². The van der Waals surface area contributed by atoms with Crippen LogP contribution in [0.1, 0.15) is 64.0 Å². The molecule has 1 saturated carbocycles. The van der Waals surface area contributed by atoms with Crippen molar-refractivity contribution in [2.75, 3.05) is 74.0 Å². The Morgan fingerprint density at radius 1 is 0.969 bits per heavy atom. The second-order valence-corrected chi connectivity index (χ2v) is 20.3. The molecular weight excluding hydrogens is 835 g/mol. The van der Waals surface area contributed by atoms with Crippen LogP contribution in [0.5, 0.6) is 0 Å². The summed E-state index contributed by atoms with van der Waals surface area (Å²) < 4.78 is 29.2. The van der Waals surface area contributed by atoms with Crippen LogP contribution in [0.4, 0.5) is 0 Å². The third-order valence-corrected chi connectivity index (χ3v) is 17.4. The number of likely N-dealkylation sites (tertiary alicyclic amines) is 1. The fourth-order valence-electron chi connectivity index (χ4n) is 14.1. The second-order valence-electron chi connectivity index (χ2n) is 19.1. The maximum Gasteiger partial charge on any atom is 0.344 e. The Hall–Kier alpha value is -4.21. The highest BCUT2D eigenvalue weighted by molar-refractivity contribution is 7.99. The lowest BCUT2D eigenvalue weighted by Crippen LogP contribution is -2.79. The molecule has 11 atom stereocenters. The number of hydrogen-bond acceptors (Lipinski definition) is 14. The number of allylic oxidation sites excluding steroid dienone is 1. The molecule has 344 valence electrons. The Morgan fingerprint density at radius 2 is 1.75 bits per heavy atom. The molecule has 5 aliphatic heterocycles. The van der Waals surface area contributed by atoms with E-state index in [-0.39, 0.29) is 23.9 Å². The monoisotopic (exact) mass is 897 g/mol. The number of carbonyl (C=O) groups excluding carboxylic acids is 4. The van der Waals surface area contributed by atoms with Gasteiger partial charge < -0.3 is 33.7 Å². The van der Waals surface area contributed by atoms with E-state index >= 15 is 4.79 Å². The van der Waals surface area contributed by atoms with Gasteiger partial charge in [-0.25, -0.2) is 4.79 Å². The maximum atomic E-state index is 15.5. The van der Waals surface area contributed by atoms with Crippen molar-refractivity contribution >= 4 is 41.2 Å². The predicted octanol–water partition coefficient (Wildman–Crippen LogP) is 5.13. The second kappa shape index (κ2) is 16.6. The summed E-state index contributed by atoms with van der Waals surface area (Å²) in [6.45, 7) is 9.19. The van der Waals surface area contributed by atoms with Gasteiger partial charge in [0.2, 0.25) is 5.60 Å². The summed E-state index contributed by atoms with van der Waals surface area (Å²) in [5.74, 6) is -1.92. The minimum Gasteiger partial charge on any atom is -0.469 e. The van der Waals surface area contributed by atoms with E-state index in [0.717, 1.165) is 57.9 Å². The number of benzene rings is 1. The van der Waals surface area contributed by atoms with Crippen LogP contribution in [0.25, 0.3) is 5.57 Å². The zero-order valence-corrected chi connectivity index (χ0v) is 39.3. The largest absolute Gasteiger partial charge is 0.469 e. The molecule has 3 unspecified atom stereocenters. The van der Waals surface area contributed by atoms with Crippen LogP contribution in [0.15, 0.2) is 75.9 Å². The lowest BCUT2D eigenvalue weighted by molar-refractivity contribution is -0.243. The maximum absolute atomic E-state index is 15.5. The summed E-state index contributed by atoms with van der Waals surface area (Å²) >= 11 is 1.62. The minimum atomic E-state index is -2.28. The van der Waals surface area contributed by atoms with E-state index in [0.29, 0.717) is 57.5 Å². The number of ether oxygens (including phenoxy) is 5. The lowest BCUT2D eigenvalue weighted by Gasteiger charge is -2.63. The van der Waals surface area contributed by atoms with Crippen LogP contribution in [0, 0.1) is 28.1 Å². The van der Waals surface area contributed by atoms with Gasteiger partial charge in [0.15, 0.2) is 6.10 Å². The van der Waals surface area contributed by atoms with Crippen LogP contribution < -0.4 is 0 Å². The van der Waals surface area contributed by atoms with E-state index < -0.39 is 58.0 Å². The molecule has 1 aromatic carbocycles. The van der Waals surface area contributed by atoms with Crippen molar-refractivity contribution < 1.29 is 48.0 Å². The molecule has 3 fully saturated rings. The topological polar surface area (TPSA) is 144 Å². The van der Waals surface area contributed by atoms with E-state index in [1.165, 1.54) is 33.8 Å². The van der Waals surface area contributed by atoms with Crippen molar-refractivity contribution in [3.63, 3.8) is 0 Å². The minimum absolute atomic E-state index is 0.0465. The first-order chi connectivity index (χ1) is 30.7. The number of esters is 4. The molecule has 1 spiro atoms. The number of nitrogens with zero attached hydrogens (tertiary/aromatic N) is 3. The number of likely N-dealkylation sites (N-methyl/N-ethyl adjacent to an activating group) is 1. The normalized spacial score (nSPS) is 36.8. The molecule has 1 N–H and O–H groups in total. The van der Waals surface area contributed by atoms with Gasteiger partial charge in [-0.2, -0.15) is 0 Å². The van der Waals surface area contributed by atoms with Crippen LogP contribution in [0.3, 0.4) is 0 Å². The summed E-state index contributed by atoms with van der Waals surface area (Å²) in [5.41, 5.74) is 2.26. The van der Waals surface area contributed by atoms with Crippen molar-refractivity contribution in [1.82, 2.24) is 14.7 Å². The molecule has 0 radical (unpaired) electrons. The van der Waals surface area contributed by atoms with Gasteiger partial charge in [-0.15, -0.1) is 11.8 Å². The van der Waals surface area contributed by atoms with Crippen molar-refractivity contribution in [2.24, 2.45) is 28.1 Å². The zero-order valence-electron chi connectivity index (χ0n) is 38.4. The third-order valence-electron chi connectivity index (χ3n) is 16.4. The average Bonchev–Trinajstić information content (AvgIpc) is 3.94. The number of aliphatic hydroxyl groups is 1. The van der Waals surface area contributed by atoms with E-state index in [2.05, 4.69) is 65.3 Å². The van der Waals surface area contributed by atoms with Gasteiger partial charge in [0.1, 0.15) is 0 Å². The molecule has 2 bridgehead atoms. The van der Waals surface area contributed by atoms with Gasteiger partial charge >= 0.3 is 23.9 Å². The Bertz CT molecular complexity index is 2300. The SMILES string of the molecule is CCC1=C[C@H]2CN(C1)CC1=C(Cc3ccc(SCCC(=O)OC)cc31)[C@@](C(=O)OC)(C1C=C3C(=CC1OC)N(C)[C@H]1[C@@](O)(C(=O)OC)[C@H](OC(C)=O)[C@]4(CC)C=CCN5CC[C@]31[C@@H]54)C2. The molecular formula is C50H63N3O10S. The van der Waals surface area contributed by atoms with Crippen molar-refractivity contribution in [2.45, 2.75) is 94.1 Å². The van der Waals surface area contributed by atoms with Crippen LogP contribution in [0.2, 0.25) is 0 Å². The fourth-order valence-corrected chi connectivity index (χ4v) is 15.0. The molecule has 5 heterocycles. The number of thioether (sulfide) groups is 1. The van der Waals surface area contributed by atoms with Gasteiger partial charge in [0, 0.05) is 86.4 Å². The molecule has 0 aromatic heterocycles. The molecule has 2 saturated heterocycles. The van der Waals surface area contributed by atoms with Crippen LogP contribution >= 0.6 is 11.8 Å². The van der Waals surface area contributed by atoms with Crippen molar-refractivity contribution in [1.29, 1.82) is 0 Å². The number of rotatable bonds is 11. The average molecular weight is 898 g/mol. The molecule has 8 aliphatic rings. The number of fused-ring (bicyclic) bond motifs is 5. The number of methoxy groups -OCH3 is 4. The number of hydrogen-bond donors (Lipinski definition) is 1. The summed E-state index contributed by atoms with van der Waals surface area (Å²) in [6, 6.07) is 5.34. The molecule has 64 heavy (non-hydrogen) atoms. The van der Waals surface area contributed by atoms with E-state index in [1.807, 2.05) is 18.9 Å². The molecule has 0 amide bonds. The highest BCUT2D eigenvalue weighted by Crippen LogP contribution is 2.70. The van der Waals surface area contributed by atoms with Crippen LogP contribution in [-0.2, 0) is 49.3 Å². The fraction of sp³-hybridized carbons (Fsp3) is 0.600. The molecule has 1 aromatic rings. The lowest BCUT2D eigenvalue weighted by atomic mass is 9.47. The molecule has 3 aliphatic carbocycles. The Morgan fingerprint density at radius 3 is 2.44 bits per heavy atom. The summed E-state index contributed by atoms with van der Waals surface area (Å²) in [7, 11) is 7.75. The highest BCUT2D eigenvalue weighted by Gasteiger charge is 2.81. The van der Waals surface area contributed by atoms with Gasteiger partial charge in [-0.05, 0) is 90.6 Å². The van der Waals surface area contributed by atoms with Gasteiger partial charge in [-0.1, -0.05) is 49.8 Å². The smallest absolute Gasteiger partial charge is 0.344 e. The van der Waals surface area contributed by atoms with Gasteiger partial charge in [-0.3, -0.25) is 24.2 Å². The Balaban J connectivity index is 1.28. The summed E-state index contributed by atoms with van der Waals surface area (Å²) in [6.07, 6.45) is 12.4. The first-order valence-corrected chi connectivity index (χ1v) is 23.9. The van der Waals surface area contributed by atoms with Gasteiger partial charge in [0.05, 0.1) is 45.3 Å². The third kappa shape index (κ3) is 6.32. The first kappa shape index (κ1) is 45.0. The summed E-state index contributed by atoms with van der Waals surface area (Å²) in [4.78, 5) is 63.1. The zero-order chi connectivity index (χ0) is 45.5. The van der Waals surface area contributed by atoms with E-state index in [1.54, 1.807) is 18.9 Å².